The number of hydrogen-bond donors (Lipinski definition) is 0. The highest BCUT2D eigenvalue weighted by Crippen LogP contribution is 2.56. The number of methoxy groups -OCH3 is 2. The largest absolute Gasteiger partial charge is 1.00 e. The molecule has 53 heavy (non-hydrogen) atoms. The molecule has 0 bridgehead atoms. The fourth-order valence-electron chi connectivity index (χ4n) is 8.43. The number of ether oxygens (including phenoxy) is 6. The van der Waals surface area contributed by atoms with Gasteiger partial charge in [0.15, 0.2) is 0 Å². The van der Waals surface area contributed by atoms with Crippen molar-refractivity contribution in [2.45, 2.75) is 140 Å². The van der Waals surface area contributed by atoms with E-state index in [-0.39, 0.29) is 67.4 Å². The van der Waals surface area contributed by atoms with Crippen molar-refractivity contribution < 1.29 is 52.4 Å². The molecular weight excluding hydrogens is 794 g/mol. The Morgan fingerprint density at radius 3 is 1.36 bits per heavy atom. The molecule has 3 aromatic rings. The molecule has 6 nitrogen and oxygen atoms in total. The molecule has 2 saturated heterocycles. The Labute approximate surface area is 338 Å². The van der Waals surface area contributed by atoms with Crippen molar-refractivity contribution in [2.24, 2.45) is 0 Å². The average molecular weight is 861 g/mol. The van der Waals surface area contributed by atoms with Gasteiger partial charge >= 0.3 is 0 Å². The molecule has 5 rings (SSSR count). The third kappa shape index (κ3) is 13.1. The van der Waals surface area contributed by atoms with Gasteiger partial charge in [-0.15, -0.1) is 0 Å². The molecule has 2 aliphatic heterocycles. The van der Waals surface area contributed by atoms with Gasteiger partial charge in [0.1, 0.15) is 36.8 Å². The topological polar surface area (TPSA) is 55.4 Å². The minimum Gasteiger partial charge on any atom is -1.00 e. The lowest BCUT2D eigenvalue weighted by atomic mass is 10.0. The predicted molar refractivity (Wildman–Crippen MR) is 216 cm³/mol. The first-order valence-electron chi connectivity index (χ1n) is 20.3. The van der Waals surface area contributed by atoms with E-state index in [1.165, 1.54) is 67.3 Å². The lowest BCUT2D eigenvalue weighted by Crippen LogP contribution is -3.00. The standard InChI is InChI=1S/C45H66O6P.HI/c1-4-5-6-7-8-9-10-20-28-40(48-35-46-2)42-30-32-44(50-42)45-33-31-43(51-45)41(49-36-47-3)29-21-34-52(37-22-14-11-15-23-37,38-24-16-12-17-25-38)39-26-18-13-19-27-39;/h11-19,22-27,40-45H,4-10,20-21,28-36H2,1-3H3;1H/q+1;/p-1/t40-,41-,42-,43-,44+,45-;/m1./s1. The first-order valence-corrected chi connectivity index (χ1v) is 22.2. The van der Waals surface area contributed by atoms with Crippen molar-refractivity contribution in [1.29, 1.82) is 0 Å². The maximum Gasteiger partial charge on any atom is 0.146 e. The summed E-state index contributed by atoms with van der Waals surface area (Å²) in [6.45, 7) is 2.86. The van der Waals surface area contributed by atoms with E-state index in [0.29, 0.717) is 6.79 Å². The molecule has 0 amide bonds. The van der Waals surface area contributed by atoms with Crippen molar-refractivity contribution >= 4 is 23.2 Å². The van der Waals surface area contributed by atoms with Crippen LogP contribution < -0.4 is 39.9 Å². The van der Waals surface area contributed by atoms with E-state index in [9.17, 15) is 0 Å². The third-order valence-electron chi connectivity index (χ3n) is 11.1. The second kappa shape index (κ2) is 25.0. The molecular formula is C45H66IO6P. The van der Waals surface area contributed by atoms with E-state index < -0.39 is 7.26 Å². The van der Waals surface area contributed by atoms with Crippen molar-refractivity contribution in [1.82, 2.24) is 0 Å². The van der Waals surface area contributed by atoms with Crippen molar-refractivity contribution in [3.05, 3.63) is 91.0 Å². The zero-order valence-electron chi connectivity index (χ0n) is 32.6. The Morgan fingerprint density at radius 2 is 0.943 bits per heavy atom. The maximum atomic E-state index is 6.84. The summed E-state index contributed by atoms with van der Waals surface area (Å²) < 4.78 is 36.9. The molecule has 3 aromatic carbocycles. The van der Waals surface area contributed by atoms with Crippen LogP contribution in [0.4, 0.5) is 0 Å². The quantitative estimate of drug-likeness (QED) is 0.0428. The van der Waals surface area contributed by atoms with Gasteiger partial charge in [-0.25, -0.2) is 0 Å². The van der Waals surface area contributed by atoms with Crippen LogP contribution in [0.5, 0.6) is 0 Å². The third-order valence-corrected chi connectivity index (χ3v) is 15.7. The molecule has 2 aliphatic rings. The Kier molecular flexibility index (Phi) is 20.9. The molecule has 0 N–H and O–H groups in total. The second-order valence-corrected chi connectivity index (χ2v) is 18.4. The Bertz CT molecular complexity index is 1250. The van der Waals surface area contributed by atoms with Gasteiger partial charge in [-0.2, -0.15) is 0 Å². The molecule has 0 radical (unpaired) electrons. The van der Waals surface area contributed by atoms with Crippen LogP contribution in [0, 0.1) is 0 Å². The number of hydrogen-bond acceptors (Lipinski definition) is 6. The highest BCUT2D eigenvalue weighted by atomic mass is 127. The molecule has 0 saturated carbocycles. The Morgan fingerprint density at radius 1 is 0.547 bits per heavy atom. The average Bonchev–Trinajstić information content (AvgIpc) is 3.89. The lowest BCUT2D eigenvalue weighted by molar-refractivity contribution is -0.157. The zero-order chi connectivity index (χ0) is 36.3. The summed E-state index contributed by atoms with van der Waals surface area (Å²) in [5.74, 6) is 0. The van der Waals surface area contributed by atoms with Crippen LogP contribution in [0.15, 0.2) is 91.0 Å². The minimum atomic E-state index is -1.91. The van der Waals surface area contributed by atoms with Gasteiger partial charge in [-0.3, -0.25) is 0 Å². The van der Waals surface area contributed by atoms with Gasteiger partial charge in [0.2, 0.25) is 0 Å². The van der Waals surface area contributed by atoms with Crippen molar-refractivity contribution in [3.63, 3.8) is 0 Å². The van der Waals surface area contributed by atoms with Crippen LogP contribution in [0.2, 0.25) is 0 Å². The van der Waals surface area contributed by atoms with Crippen LogP contribution >= 0.6 is 7.26 Å². The van der Waals surface area contributed by atoms with Gasteiger partial charge in [0.25, 0.3) is 0 Å². The smallest absolute Gasteiger partial charge is 0.146 e. The van der Waals surface area contributed by atoms with Crippen molar-refractivity contribution in [3.8, 4) is 0 Å². The van der Waals surface area contributed by atoms with E-state index in [0.717, 1.165) is 51.1 Å². The SMILES string of the molecule is CCCCCCCCCC[C@@H](OCOC)[C@H]1CC[C@@H]([C@H]2CC[C@H]([C@@H](CCC[P+](c3ccccc3)(c3ccccc3)c3ccccc3)OCOC)O2)O1.[I-]. The van der Waals surface area contributed by atoms with Crippen LogP contribution in [-0.4, -0.2) is 70.6 Å². The van der Waals surface area contributed by atoms with Crippen molar-refractivity contribution in [2.75, 3.05) is 34.0 Å². The van der Waals surface area contributed by atoms with Gasteiger partial charge in [0.05, 0.1) is 42.8 Å². The first-order chi connectivity index (χ1) is 25.7. The summed E-state index contributed by atoms with van der Waals surface area (Å²) in [4.78, 5) is 0. The maximum absolute atomic E-state index is 6.84. The molecule has 0 spiro atoms. The number of benzene rings is 3. The van der Waals surface area contributed by atoms with Crippen LogP contribution in [0.3, 0.4) is 0 Å². The van der Waals surface area contributed by atoms with Crippen LogP contribution in [0.25, 0.3) is 0 Å². The van der Waals surface area contributed by atoms with E-state index >= 15 is 0 Å². The van der Waals surface area contributed by atoms with Crippen LogP contribution in [-0.2, 0) is 28.4 Å². The van der Waals surface area contributed by atoms with Gasteiger partial charge in [-0.1, -0.05) is 113 Å². The molecule has 0 unspecified atom stereocenters. The molecule has 294 valence electrons. The number of unbranched alkanes of at least 4 members (excludes halogenated alkanes) is 7. The summed E-state index contributed by atoms with van der Waals surface area (Å²) in [6, 6.07) is 33.4. The van der Waals surface area contributed by atoms with E-state index in [1.807, 2.05) is 0 Å². The summed E-state index contributed by atoms with van der Waals surface area (Å²) in [7, 11) is 1.50. The molecule has 0 aromatic heterocycles. The summed E-state index contributed by atoms with van der Waals surface area (Å²) in [5, 5.41) is 4.26. The second-order valence-electron chi connectivity index (χ2n) is 14.7. The summed E-state index contributed by atoms with van der Waals surface area (Å²) in [5.41, 5.74) is 0. The Balaban J connectivity index is 0.00000627. The minimum absolute atomic E-state index is 0. The van der Waals surface area contributed by atoms with Gasteiger partial charge in [-0.05, 0) is 81.3 Å². The van der Waals surface area contributed by atoms with Gasteiger partial charge < -0.3 is 52.4 Å². The lowest BCUT2D eigenvalue weighted by Gasteiger charge is -2.30. The predicted octanol–water partition coefficient (Wildman–Crippen LogP) is 6.37. The normalized spacial score (nSPS) is 21.3. The first kappa shape index (κ1) is 44.3. The molecule has 6 atom stereocenters. The highest BCUT2D eigenvalue weighted by molar-refractivity contribution is 7.95. The van der Waals surface area contributed by atoms with Crippen LogP contribution in [0.1, 0.15) is 103 Å². The summed E-state index contributed by atoms with van der Waals surface area (Å²) >= 11 is 0. The Hall–Kier alpha value is -1.42. The zero-order valence-corrected chi connectivity index (χ0v) is 35.7. The van der Waals surface area contributed by atoms with E-state index in [1.54, 1.807) is 14.2 Å². The molecule has 2 fully saturated rings. The van der Waals surface area contributed by atoms with E-state index in [2.05, 4.69) is 97.9 Å². The fraction of sp³-hybridized carbons (Fsp3) is 0.600. The fourth-order valence-corrected chi connectivity index (χ4v) is 12.8. The van der Waals surface area contributed by atoms with E-state index in [4.69, 9.17) is 28.4 Å². The number of halogens is 1. The van der Waals surface area contributed by atoms with Gasteiger partial charge in [0, 0.05) is 14.2 Å². The molecule has 8 heteroatoms. The molecule has 2 heterocycles. The molecule has 0 aliphatic carbocycles. The summed E-state index contributed by atoms with van der Waals surface area (Å²) in [6.07, 6.45) is 18.8. The monoisotopic (exact) mass is 860 g/mol. The highest BCUT2D eigenvalue weighted by Gasteiger charge is 2.46. The number of rotatable bonds is 25.